The van der Waals surface area contributed by atoms with Crippen LogP contribution >= 0.6 is 0 Å². The van der Waals surface area contributed by atoms with Gasteiger partial charge in [-0.15, -0.1) is 0 Å². The minimum Gasteiger partial charge on any atom is -0.443 e. The fourth-order valence-corrected chi connectivity index (χ4v) is 1.86. The van der Waals surface area contributed by atoms with Crippen LogP contribution in [0.15, 0.2) is 18.2 Å². The molecular formula is C16H20N4O3. The van der Waals surface area contributed by atoms with Crippen molar-refractivity contribution in [2.45, 2.75) is 40.2 Å². The number of nitrogens with one attached hydrogen (secondary N) is 2. The van der Waals surface area contributed by atoms with Crippen LogP contribution < -0.4 is 10.9 Å². The molecule has 2 N–H and O–H groups in total. The lowest BCUT2D eigenvalue weighted by Gasteiger charge is -2.19. The summed E-state index contributed by atoms with van der Waals surface area (Å²) in [7, 11) is 0. The van der Waals surface area contributed by atoms with Crippen molar-refractivity contribution in [3.05, 3.63) is 35.2 Å². The number of benzene rings is 1. The van der Waals surface area contributed by atoms with E-state index in [1.54, 1.807) is 39.0 Å². The zero-order valence-corrected chi connectivity index (χ0v) is 13.9. The largest absolute Gasteiger partial charge is 0.443 e. The van der Waals surface area contributed by atoms with Crippen LogP contribution in [0.25, 0.3) is 11.0 Å². The molecule has 1 aromatic heterocycles. The number of hydrogen-bond donors (Lipinski definition) is 2. The summed E-state index contributed by atoms with van der Waals surface area (Å²) >= 11 is 0. The summed E-state index contributed by atoms with van der Waals surface area (Å²) in [6.45, 7) is 8.95. The third-order valence-corrected chi connectivity index (χ3v) is 3.01. The first-order valence-corrected chi connectivity index (χ1v) is 7.20. The highest BCUT2D eigenvalue weighted by molar-refractivity contribution is 5.97. The molecule has 0 aliphatic rings. The van der Waals surface area contributed by atoms with Crippen LogP contribution in [0.3, 0.4) is 0 Å². The topological polar surface area (TPSA) is 93.2 Å². The highest BCUT2D eigenvalue weighted by atomic mass is 16.6. The SMILES string of the molecule is Cc1nc2ccc(C(=O)NNC(=O)OC(C)(C)C)cc2nc1C. The van der Waals surface area contributed by atoms with E-state index in [0.29, 0.717) is 16.6 Å². The third-order valence-electron chi connectivity index (χ3n) is 3.01. The number of hydrogen-bond acceptors (Lipinski definition) is 5. The van der Waals surface area contributed by atoms with E-state index in [0.717, 1.165) is 11.4 Å². The van der Waals surface area contributed by atoms with E-state index in [1.807, 2.05) is 13.8 Å². The normalized spacial score (nSPS) is 11.2. The number of ether oxygens (including phenoxy) is 1. The van der Waals surface area contributed by atoms with Crippen molar-refractivity contribution in [2.24, 2.45) is 0 Å². The van der Waals surface area contributed by atoms with E-state index in [4.69, 9.17) is 4.74 Å². The fraction of sp³-hybridized carbons (Fsp3) is 0.375. The predicted octanol–water partition coefficient (Wildman–Crippen LogP) is 2.42. The Kier molecular flexibility index (Phi) is 4.49. The lowest BCUT2D eigenvalue weighted by atomic mass is 10.1. The number of aromatic nitrogens is 2. The van der Waals surface area contributed by atoms with Crippen LogP contribution in [0.2, 0.25) is 0 Å². The molecular weight excluding hydrogens is 296 g/mol. The van der Waals surface area contributed by atoms with Crippen molar-refractivity contribution in [2.75, 3.05) is 0 Å². The maximum Gasteiger partial charge on any atom is 0.426 e. The second-order valence-corrected chi connectivity index (χ2v) is 6.18. The van der Waals surface area contributed by atoms with Crippen LogP contribution in [0.4, 0.5) is 4.79 Å². The van der Waals surface area contributed by atoms with Crippen molar-refractivity contribution in [1.82, 2.24) is 20.8 Å². The smallest absolute Gasteiger partial charge is 0.426 e. The summed E-state index contributed by atoms with van der Waals surface area (Å²) in [6, 6.07) is 4.97. The van der Waals surface area contributed by atoms with Gasteiger partial charge in [-0.1, -0.05) is 0 Å². The quantitative estimate of drug-likeness (QED) is 0.788. The summed E-state index contributed by atoms with van der Waals surface area (Å²) in [4.78, 5) is 32.4. The van der Waals surface area contributed by atoms with E-state index < -0.39 is 17.6 Å². The van der Waals surface area contributed by atoms with Gasteiger partial charge in [-0.3, -0.25) is 10.2 Å². The van der Waals surface area contributed by atoms with Gasteiger partial charge in [-0.2, -0.15) is 0 Å². The average Bonchev–Trinajstić information content (AvgIpc) is 2.43. The monoisotopic (exact) mass is 316 g/mol. The van der Waals surface area contributed by atoms with E-state index in [9.17, 15) is 9.59 Å². The number of fused-ring (bicyclic) bond motifs is 1. The summed E-state index contributed by atoms with van der Waals surface area (Å²) in [5, 5.41) is 0. The Morgan fingerprint density at radius 1 is 1.00 bits per heavy atom. The summed E-state index contributed by atoms with van der Waals surface area (Å²) in [6.07, 6.45) is -0.724. The van der Waals surface area contributed by atoms with Crippen LogP contribution in [0.1, 0.15) is 42.5 Å². The predicted molar refractivity (Wildman–Crippen MR) is 85.8 cm³/mol. The molecule has 0 saturated heterocycles. The Hall–Kier alpha value is -2.70. The maximum absolute atomic E-state index is 12.1. The summed E-state index contributed by atoms with van der Waals surface area (Å²) in [5.41, 5.74) is 7.23. The van der Waals surface area contributed by atoms with Crippen LogP contribution in [-0.4, -0.2) is 27.6 Å². The van der Waals surface area contributed by atoms with Crippen molar-refractivity contribution >= 4 is 23.0 Å². The number of rotatable bonds is 1. The molecule has 0 atom stereocenters. The molecule has 1 aromatic carbocycles. The summed E-state index contributed by atoms with van der Waals surface area (Å²) < 4.78 is 5.04. The molecule has 0 spiro atoms. The molecule has 0 saturated carbocycles. The molecule has 0 bridgehead atoms. The minimum absolute atomic E-state index is 0.367. The maximum atomic E-state index is 12.1. The lowest BCUT2D eigenvalue weighted by molar-refractivity contribution is 0.0483. The number of amides is 2. The molecule has 7 heteroatoms. The van der Waals surface area contributed by atoms with Gasteiger partial charge >= 0.3 is 6.09 Å². The van der Waals surface area contributed by atoms with Gasteiger partial charge in [0.05, 0.1) is 22.4 Å². The highest BCUT2D eigenvalue weighted by Gasteiger charge is 2.17. The first-order chi connectivity index (χ1) is 10.7. The summed E-state index contributed by atoms with van der Waals surface area (Å²) in [5.74, 6) is -0.460. The van der Waals surface area contributed by atoms with Crippen LogP contribution in [-0.2, 0) is 4.74 Å². The van der Waals surface area contributed by atoms with Gasteiger partial charge in [0.2, 0.25) is 0 Å². The van der Waals surface area contributed by atoms with Crippen molar-refractivity contribution in [3.8, 4) is 0 Å². The van der Waals surface area contributed by atoms with Crippen LogP contribution in [0, 0.1) is 13.8 Å². The number of carbonyl (C=O) groups excluding carboxylic acids is 2. The van der Waals surface area contributed by atoms with Gasteiger partial charge in [0.15, 0.2) is 0 Å². The van der Waals surface area contributed by atoms with Gasteiger partial charge in [0.1, 0.15) is 5.60 Å². The molecule has 23 heavy (non-hydrogen) atoms. The number of carbonyl (C=O) groups is 2. The Bertz CT molecular complexity index is 766. The molecule has 0 aliphatic carbocycles. The Morgan fingerprint density at radius 2 is 1.61 bits per heavy atom. The van der Waals surface area contributed by atoms with Gasteiger partial charge in [-0.05, 0) is 52.8 Å². The third kappa shape index (κ3) is 4.38. The van der Waals surface area contributed by atoms with E-state index in [1.165, 1.54) is 0 Å². The Balaban J connectivity index is 2.09. The van der Waals surface area contributed by atoms with Crippen molar-refractivity contribution in [1.29, 1.82) is 0 Å². The van der Waals surface area contributed by atoms with E-state index >= 15 is 0 Å². The van der Waals surface area contributed by atoms with Crippen LogP contribution in [0.5, 0.6) is 0 Å². The molecule has 7 nitrogen and oxygen atoms in total. The first-order valence-electron chi connectivity index (χ1n) is 7.20. The standard InChI is InChI=1S/C16H20N4O3/c1-9-10(2)18-13-8-11(6-7-12(13)17-9)14(21)19-20-15(22)23-16(3,4)5/h6-8H,1-5H3,(H,19,21)(H,20,22). The average molecular weight is 316 g/mol. The van der Waals surface area contributed by atoms with Gasteiger partial charge in [0.25, 0.3) is 5.91 Å². The molecule has 1 heterocycles. The highest BCUT2D eigenvalue weighted by Crippen LogP contribution is 2.14. The molecule has 0 fully saturated rings. The van der Waals surface area contributed by atoms with Gasteiger partial charge in [-0.25, -0.2) is 20.2 Å². The Morgan fingerprint density at radius 3 is 2.22 bits per heavy atom. The van der Waals surface area contributed by atoms with E-state index in [2.05, 4.69) is 20.8 Å². The molecule has 122 valence electrons. The number of aryl methyl sites for hydroxylation is 2. The van der Waals surface area contributed by atoms with Crippen molar-refractivity contribution in [3.63, 3.8) is 0 Å². The number of nitrogens with zero attached hydrogens (tertiary/aromatic N) is 2. The lowest BCUT2D eigenvalue weighted by Crippen LogP contribution is -2.44. The first kappa shape index (κ1) is 16.7. The van der Waals surface area contributed by atoms with E-state index in [-0.39, 0.29) is 0 Å². The van der Waals surface area contributed by atoms with Crippen molar-refractivity contribution < 1.29 is 14.3 Å². The number of hydrazine groups is 1. The molecule has 0 aliphatic heterocycles. The fourth-order valence-electron chi connectivity index (χ4n) is 1.86. The zero-order chi connectivity index (χ0) is 17.2. The second-order valence-electron chi connectivity index (χ2n) is 6.18. The molecule has 0 unspecified atom stereocenters. The Labute approximate surface area is 134 Å². The molecule has 2 amide bonds. The molecule has 0 radical (unpaired) electrons. The zero-order valence-electron chi connectivity index (χ0n) is 13.9. The van der Waals surface area contributed by atoms with Gasteiger partial charge < -0.3 is 4.74 Å². The second kappa shape index (κ2) is 6.20. The molecule has 2 aromatic rings. The van der Waals surface area contributed by atoms with Gasteiger partial charge in [0, 0.05) is 5.56 Å². The molecule has 2 rings (SSSR count). The minimum atomic E-state index is -0.724.